The number of morpholine rings is 1. The summed E-state index contributed by atoms with van der Waals surface area (Å²) >= 11 is 0. The van der Waals surface area contributed by atoms with Crippen molar-refractivity contribution in [1.82, 2.24) is 4.90 Å². The molecule has 0 unspecified atom stereocenters. The second-order valence-electron chi connectivity index (χ2n) is 7.05. The zero-order chi connectivity index (χ0) is 16.9. The van der Waals surface area contributed by atoms with Gasteiger partial charge in [0.1, 0.15) is 0 Å². The van der Waals surface area contributed by atoms with Crippen molar-refractivity contribution in [2.45, 2.75) is 32.7 Å². The van der Waals surface area contributed by atoms with Crippen LogP contribution in [0.15, 0.2) is 24.3 Å². The Bertz CT molecular complexity index is 540. The lowest BCUT2D eigenvalue weighted by atomic mass is 9.99. The average Bonchev–Trinajstić information content (AvgIpc) is 2.62. The summed E-state index contributed by atoms with van der Waals surface area (Å²) < 4.78 is 5.39. The lowest BCUT2D eigenvalue weighted by molar-refractivity contribution is -0.121. The van der Waals surface area contributed by atoms with E-state index in [1.807, 2.05) is 19.1 Å². The van der Waals surface area contributed by atoms with E-state index < -0.39 is 0 Å². The normalized spacial score (nSPS) is 23.8. The van der Waals surface area contributed by atoms with Crippen molar-refractivity contribution in [1.29, 1.82) is 0 Å². The van der Waals surface area contributed by atoms with E-state index in [1.165, 1.54) is 18.5 Å². The summed E-state index contributed by atoms with van der Waals surface area (Å²) in [5.41, 5.74) is 2.06. The first-order chi connectivity index (χ1) is 11.6. The largest absolute Gasteiger partial charge is 0.378 e. The van der Waals surface area contributed by atoms with Crippen LogP contribution >= 0.6 is 0 Å². The van der Waals surface area contributed by atoms with Gasteiger partial charge in [-0.05, 0) is 56.5 Å². The number of carbonyl (C=O) groups is 1. The molecule has 2 fully saturated rings. The van der Waals surface area contributed by atoms with E-state index in [9.17, 15) is 4.79 Å². The van der Waals surface area contributed by atoms with E-state index in [-0.39, 0.29) is 11.9 Å². The molecule has 2 aliphatic heterocycles. The number of likely N-dealkylation sites (tertiary alicyclic amines) is 1. The Morgan fingerprint density at radius 1 is 1.21 bits per heavy atom. The van der Waals surface area contributed by atoms with Gasteiger partial charge in [0.05, 0.1) is 19.3 Å². The van der Waals surface area contributed by atoms with Crippen molar-refractivity contribution < 1.29 is 9.53 Å². The first kappa shape index (κ1) is 17.2. The minimum Gasteiger partial charge on any atom is -0.378 e. The van der Waals surface area contributed by atoms with Crippen molar-refractivity contribution in [3.8, 4) is 0 Å². The highest BCUT2D eigenvalue weighted by Gasteiger charge is 2.25. The van der Waals surface area contributed by atoms with Gasteiger partial charge in [0, 0.05) is 31.0 Å². The Labute approximate surface area is 145 Å². The van der Waals surface area contributed by atoms with E-state index in [0.717, 1.165) is 45.1 Å². The monoisotopic (exact) mass is 331 g/mol. The molecule has 1 aromatic rings. The van der Waals surface area contributed by atoms with Crippen LogP contribution in [-0.4, -0.2) is 56.2 Å². The molecular formula is C19H29N3O2. The average molecular weight is 331 g/mol. The van der Waals surface area contributed by atoms with Gasteiger partial charge >= 0.3 is 0 Å². The van der Waals surface area contributed by atoms with Crippen molar-refractivity contribution >= 4 is 17.3 Å². The maximum atomic E-state index is 12.5. The molecule has 24 heavy (non-hydrogen) atoms. The van der Waals surface area contributed by atoms with Crippen LogP contribution in [0, 0.1) is 5.92 Å². The number of carbonyl (C=O) groups excluding carboxylic acids is 1. The predicted molar refractivity (Wildman–Crippen MR) is 97.5 cm³/mol. The molecule has 1 N–H and O–H groups in total. The minimum atomic E-state index is -0.0772. The Morgan fingerprint density at radius 3 is 2.58 bits per heavy atom. The zero-order valence-corrected chi connectivity index (χ0v) is 14.8. The van der Waals surface area contributed by atoms with Gasteiger partial charge in [-0.1, -0.05) is 6.92 Å². The van der Waals surface area contributed by atoms with Crippen LogP contribution in [0.25, 0.3) is 0 Å². The van der Waals surface area contributed by atoms with Gasteiger partial charge in [-0.2, -0.15) is 0 Å². The molecule has 5 heteroatoms. The topological polar surface area (TPSA) is 44.8 Å². The molecule has 1 aromatic carbocycles. The number of hydrogen-bond acceptors (Lipinski definition) is 4. The van der Waals surface area contributed by atoms with Crippen LogP contribution in [-0.2, 0) is 9.53 Å². The number of piperidine rings is 1. The minimum absolute atomic E-state index is 0.0772. The zero-order valence-electron chi connectivity index (χ0n) is 14.8. The number of rotatable bonds is 4. The number of hydrogen-bond donors (Lipinski definition) is 1. The van der Waals surface area contributed by atoms with Gasteiger partial charge in [-0.15, -0.1) is 0 Å². The third-order valence-corrected chi connectivity index (χ3v) is 5.13. The lowest BCUT2D eigenvalue weighted by Crippen LogP contribution is -2.46. The number of nitrogens with one attached hydrogen (secondary N) is 1. The highest BCUT2D eigenvalue weighted by atomic mass is 16.5. The first-order valence-corrected chi connectivity index (χ1v) is 9.11. The summed E-state index contributed by atoms with van der Waals surface area (Å²) in [4.78, 5) is 17.1. The van der Waals surface area contributed by atoms with Gasteiger partial charge in [0.25, 0.3) is 0 Å². The fraction of sp³-hybridized carbons (Fsp3) is 0.632. The Kier molecular flexibility index (Phi) is 5.74. The van der Waals surface area contributed by atoms with Crippen LogP contribution in [0.5, 0.6) is 0 Å². The van der Waals surface area contributed by atoms with Gasteiger partial charge in [0.15, 0.2) is 0 Å². The van der Waals surface area contributed by atoms with E-state index >= 15 is 0 Å². The second-order valence-corrected chi connectivity index (χ2v) is 7.05. The fourth-order valence-electron chi connectivity index (χ4n) is 3.57. The Balaban J connectivity index is 1.55. The highest BCUT2D eigenvalue weighted by Crippen LogP contribution is 2.21. The van der Waals surface area contributed by atoms with Crippen LogP contribution in [0.2, 0.25) is 0 Å². The van der Waals surface area contributed by atoms with Crippen molar-refractivity contribution in [2.24, 2.45) is 5.92 Å². The fourth-order valence-corrected chi connectivity index (χ4v) is 3.57. The third-order valence-electron chi connectivity index (χ3n) is 5.13. The second kappa shape index (κ2) is 7.99. The molecule has 0 radical (unpaired) electrons. The van der Waals surface area contributed by atoms with Gasteiger partial charge in [-0.25, -0.2) is 0 Å². The van der Waals surface area contributed by atoms with Crippen molar-refractivity contribution in [3.63, 3.8) is 0 Å². The molecule has 2 saturated heterocycles. The van der Waals surface area contributed by atoms with Crippen LogP contribution < -0.4 is 10.2 Å². The van der Waals surface area contributed by atoms with Crippen LogP contribution in [0.4, 0.5) is 11.4 Å². The number of ether oxygens (including phenoxy) is 1. The van der Waals surface area contributed by atoms with E-state index in [2.05, 4.69) is 34.2 Å². The summed E-state index contributed by atoms with van der Waals surface area (Å²) in [5.74, 6) is 0.769. The summed E-state index contributed by atoms with van der Waals surface area (Å²) in [6.45, 7) is 9.73. The summed E-state index contributed by atoms with van der Waals surface area (Å²) in [6, 6.07) is 8.07. The molecular weight excluding hydrogens is 302 g/mol. The van der Waals surface area contributed by atoms with Gasteiger partial charge in [-0.3, -0.25) is 9.69 Å². The van der Waals surface area contributed by atoms with Crippen molar-refractivity contribution in [3.05, 3.63) is 24.3 Å². The van der Waals surface area contributed by atoms with Gasteiger partial charge < -0.3 is 15.0 Å². The summed E-state index contributed by atoms with van der Waals surface area (Å²) in [5, 5.41) is 3.06. The molecule has 2 heterocycles. The molecule has 2 aliphatic rings. The number of amides is 1. The molecule has 0 aliphatic carbocycles. The molecule has 132 valence electrons. The first-order valence-electron chi connectivity index (χ1n) is 9.11. The molecule has 0 saturated carbocycles. The maximum absolute atomic E-state index is 12.5. The summed E-state index contributed by atoms with van der Waals surface area (Å²) in [7, 11) is 0. The molecule has 2 atom stereocenters. The van der Waals surface area contributed by atoms with Gasteiger partial charge in [0.2, 0.25) is 5.91 Å². The number of benzene rings is 1. The highest BCUT2D eigenvalue weighted by molar-refractivity contribution is 5.94. The third kappa shape index (κ3) is 4.28. The molecule has 1 amide bonds. The number of nitrogens with zero attached hydrogens (tertiary/aromatic N) is 2. The van der Waals surface area contributed by atoms with Crippen LogP contribution in [0.1, 0.15) is 26.7 Å². The van der Waals surface area contributed by atoms with E-state index in [4.69, 9.17) is 4.74 Å². The molecule has 5 nitrogen and oxygen atoms in total. The number of anilines is 2. The molecule has 3 rings (SSSR count). The molecule has 0 bridgehead atoms. The quantitative estimate of drug-likeness (QED) is 0.921. The Hall–Kier alpha value is -1.59. The van der Waals surface area contributed by atoms with Crippen molar-refractivity contribution in [2.75, 3.05) is 49.6 Å². The molecule has 0 spiro atoms. The maximum Gasteiger partial charge on any atom is 0.241 e. The smallest absolute Gasteiger partial charge is 0.241 e. The molecule has 0 aromatic heterocycles. The van der Waals surface area contributed by atoms with Crippen LogP contribution in [0.3, 0.4) is 0 Å². The van der Waals surface area contributed by atoms with E-state index in [1.54, 1.807) is 0 Å². The SMILES string of the molecule is C[C@H]1CCCN([C@@H](C)C(=O)Nc2ccc(N3CCOCC3)cc2)C1. The summed E-state index contributed by atoms with van der Waals surface area (Å²) in [6.07, 6.45) is 2.46. The standard InChI is InChI=1S/C19H29N3O2/c1-15-4-3-9-22(14-15)16(2)19(23)20-17-5-7-18(8-6-17)21-10-12-24-13-11-21/h5-8,15-16H,3-4,9-14H2,1-2H3,(H,20,23)/t15-,16-/m0/s1. The predicted octanol–water partition coefficient (Wildman–Crippen LogP) is 2.58. The lowest BCUT2D eigenvalue weighted by Gasteiger charge is -2.34. The Morgan fingerprint density at radius 2 is 1.92 bits per heavy atom. The van der Waals surface area contributed by atoms with E-state index in [0.29, 0.717) is 5.92 Å².